The van der Waals surface area contributed by atoms with Crippen LogP contribution in [0, 0.1) is 11.8 Å². The summed E-state index contributed by atoms with van der Waals surface area (Å²) in [5.74, 6) is -21.7. The van der Waals surface area contributed by atoms with Gasteiger partial charge in [0.2, 0.25) is 70.9 Å². The van der Waals surface area contributed by atoms with E-state index in [1.165, 1.54) is 20.8 Å². The molecule has 0 aliphatic rings. The second kappa shape index (κ2) is 43.1. The van der Waals surface area contributed by atoms with Gasteiger partial charge in [0.25, 0.3) is 0 Å². The molecule has 0 fully saturated rings. The maximum absolute atomic E-state index is 14.3. The molecular weight excluding hydrogens is 1270 g/mol. The highest BCUT2D eigenvalue weighted by Gasteiger charge is 2.38. The first-order valence-corrected chi connectivity index (χ1v) is 30.8. The van der Waals surface area contributed by atoms with Crippen LogP contribution in [-0.4, -0.2) is 217 Å². The zero-order chi connectivity index (χ0) is 73.1. The number of benzene rings is 1. The molecule has 1 aromatic rings. The number of nitrogens with one attached hydrogen (secondary N) is 11. The molecule has 37 heteroatoms. The minimum Gasteiger partial charge on any atom is -0.481 e. The Bertz CT molecular complexity index is 2900. The van der Waals surface area contributed by atoms with Crippen LogP contribution in [0.1, 0.15) is 131 Å². The third kappa shape index (κ3) is 32.3. The van der Waals surface area contributed by atoms with Crippen LogP contribution in [0.2, 0.25) is 0 Å². The maximum Gasteiger partial charge on any atom is 0.326 e. The van der Waals surface area contributed by atoms with Gasteiger partial charge in [0.1, 0.15) is 60.4 Å². The fourth-order valence-corrected chi connectivity index (χ4v) is 8.93. The summed E-state index contributed by atoms with van der Waals surface area (Å²) in [4.78, 5) is 220. The fraction of sp³-hybridized carbons (Fsp3) is 0.610. The highest BCUT2D eigenvalue weighted by Crippen LogP contribution is 2.13. The van der Waals surface area contributed by atoms with Gasteiger partial charge >= 0.3 is 29.8 Å². The molecule has 0 bridgehead atoms. The molecule has 12 amide bonds. The molecule has 23 N–H and O–H groups in total. The van der Waals surface area contributed by atoms with Crippen LogP contribution >= 0.6 is 0 Å². The monoisotopic (exact) mass is 1360 g/mol. The van der Waals surface area contributed by atoms with Crippen LogP contribution in [0.4, 0.5) is 0 Å². The Hall–Kier alpha value is -9.91. The van der Waals surface area contributed by atoms with Crippen LogP contribution in [0.25, 0.3) is 0 Å². The highest BCUT2D eigenvalue weighted by molar-refractivity contribution is 5.99. The van der Waals surface area contributed by atoms with Gasteiger partial charge in [0.15, 0.2) is 0 Å². The lowest BCUT2D eigenvalue weighted by Gasteiger charge is -2.29. The molecule has 13 atom stereocenters. The van der Waals surface area contributed by atoms with Crippen LogP contribution in [0.5, 0.6) is 0 Å². The number of aliphatic carboxylic acids is 5. The van der Waals surface area contributed by atoms with E-state index in [0.29, 0.717) is 18.4 Å². The average Bonchev–Trinajstić information content (AvgIpc) is 0.890. The van der Waals surface area contributed by atoms with E-state index in [9.17, 15) is 102 Å². The Morgan fingerprint density at radius 1 is 0.448 bits per heavy atom. The van der Waals surface area contributed by atoms with Crippen molar-refractivity contribution in [2.24, 2.45) is 29.0 Å². The summed E-state index contributed by atoms with van der Waals surface area (Å²) in [6.45, 7) is 7.79. The molecule has 0 saturated heterocycles. The normalized spacial score (nSPS) is 15.1. The molecule has 0 spiro atoms. The number of hydrogen-bond acceptors (Lipinski definition) is 20. The Balaban J connectivity index is 3.47. The zero-order valence-electron chi connectivity index (χ0n) is 54.1. The number of carbonyl (C=O) groups excluding carboxylic acids is 12. The summed E-state index contributed by atoms with van der Waals surface area (Å²) < 4.78 is 0. The lowest BCUT2D eigenvalue weighted by Crippen LogP contribution is -2.61. The molecule has 1 aromatic carbocycles. The van der Waals surface area contributed by atoms with Gasteiger partial charge in [-0.15, -0.1) is 0 Å². The van der Waals surface area contributed by atoms with Crippen molar-refractivity contribution in [3.63, 3.8) is 0 Å². The molecule has 0 unspecified atom stereocenters. The number of nitrogens with two attached hydrogens (primary N) is 3. The minimum absolute atomic E-state index is 0.0104. The Labute approximate surface area is 551 Å². The molecule has 536 valence electrons. The number of unbranched alkanes of at least 4 members (excludes halogenated alkanes) is 1. The third-order valence-corrected chi connectivity index (χ3v) is 14.7. The van der Waals surface area contributed by atoms with E-state index in [-0.39, 0.29) is 25.8 Å². The molecule has 37 nitrogen and oxygen atoms in total. The van der Waals surface area contributed by atoms with E-state index < -0.39 is 249 Å². The number of carboxylic acids is 5. The number of rotatable bonds is 47. The topological polar surface area (TPSA) is 622 Å². The van der Waals surface area contributed by atoms with Crippen molar-refractivity contribution in [3.05, 3.63) is 35.9 Å². The molecule has 0 aliphatic heterocycles. The largest absolute Gasteiger partial charge is 0.481 e. The number of aliphatic hydroxyl groups is 1. The van der Waals surface area contributed by atoms with Gasteiger partial charge in [0.05, 0.1) is 25.1 Å². The van der Waals surface area contributed by atoms with Crippen LogP contribution in [0.15, 0.2) is 30.3 Å². The van der Waals surface area contributed by atoms with Gasteiger partial charge < -0.3 is 106 Å². The second-order valence-corrected chi connectivity index (χ2v) is 23.0. The Kier molecular flexibility index (Phi) is 37.8. The molecule has 0 heterocycles. The summed E-state index contributed by atoms with van der Waals surface area (Å²) in [6.07, 6.45) is -6.98. The van der Waals surface area contributed by atoms with Gasteiger partial charge in [-0.05, 0) is 82.7 Å². The van der Waals surface area contributed by atoms with E-state index in [4.69, 9.17) is 27.4 Å². The Morgan fingerprint density at radius 3 is 1.34 bits per heavy atom. The van der Waals surface area contributed by atoms with Crippen LogP contribution in [0.3, 0.4) is 0 Å². The van der Waals surface area contributed by atoms with Gasteiger partial charge in [0, 0.05) is 32.1 Å². The van der Waals surface area contributed by atoms with E-state index in [1.807, 2.05) is 5.32 Å². The third-order valence-electron chi connectivity index (χ3n) is 14.7. The summed E-state index contributed by atoms with van der Waals surface area (Å²) >= 11 is 0. The highest BCUT2D eigenvalue weighted by atomic mass is 16.4. The lowest BCUT2D eigenvalue weighted by atomic mass is 9.97. The number of carboxylic acid groups (broad SMARTS) is 5. The average molecular weight is 1370 g/mol. The SMILES string of the molecule is CC[C@H](C)[C@H](NC(=O)[C@@H](NC(=O)[C@H](C)NC(=O)[C@H](CCCCN)NC(=O)[C@@H](N)CC(=O)O)[C@@H](C)O)C(=O)NCC(=O)N[C@@H](Cc1ccccc1)C(=O)N[C@@H](CCC(=O)O)C(=O)N[C@H](C(=O)N[C@@H](CCC(N)=O)C(=O)N[C@@H](CCC(=O)O)C(=O)N[C@@H](CCC(=O)O)C(=O)O)C(C)C. The summed E-state index contributed by atoms with van der Waals surface area (Å²) in [6, 6.07) is -9.93. The molecule has 0 aliphatic carbocycles. The summed E-state index contributed by atoms with van der Waals surface area (Å²) in [5.41, 5.74) is 17.0. The smallest absolute Gasteiger partial charge is 0.326 e. The van der Waals surface area contributed by atoms with E-state index in [1.54, 1.807) is 44.2 Å². The van der Waals surface area contributed by atoms with E-state index in [2.05, 4.69) is 53.2 Å². The first kappa shape index (κ1) is 84.1. The van der Waals surface area contributed by atoms with Crippen molar-refractivity contribution < 1.29 is 112 Å². The predicted octanol–water partition coefficient (Wildman–Crippen LogP) is -5.83. The van der Waals surface area contributed by atoms with Crippen LogP contribution < -0.4 is 75.7 Å². The predicted molar refractivity (Wildman–Crippen MR) is 334 cm³/mol. The molecule has 0 radical (unpaired) electrons. The molecule has 96 heavy (non-hydrogen) atoms. The van der Waals surface area contributed by atoms with Crippen molar-refractivity contribution >= 4 is 101 Å². The van der Waals surface area contributed by atoms with Crippen LogP contribution in [-0.2, 0) is 87.9 Å². The molecule has 0 aromatic heterocycles. The van der Waals surface area contributed by atoms with Crippen molar-refractivity contribution in [2.75, 3.05) is 13.1 Å². The zero-order valence-corrected chi connectivity index (χ0v) is 54.1. The van der Waals surface area contributed by atoms with E-state index in [0.717, 1.165) is 6.92 Å². The number of aliphatic hydroxyl groups excluding tert-OH is 1. The lowest BCUT2D eigenvalue weighted by molar-refractivity contribution is -0.144. The molecule has 1 rings (SSSR count). The number of carbonyl (C=O) groups is 17. The summed E-state index contributed by atoms with van der Waals surface area (Å²) in [7, 11) is 0. The van der Waals surface area contributed by atoms with E-state index >= 15 is 0 Å². The molecular formula is C59H92N14O23. The summed E-state index contributed by atoms with van der Waals surface area (Å²) in [5, 5.41) is 83.1. The molecule has 0 saturated carbocycles. The number of hydrogen-bond donors (Lipinski definition) is 20. The first-order chi connectivity index (χ1) is 44.9. The quantitative estimate of drug-likeness (QED) is 0.0270. The van der Waals surface area contributed by atoms with Crippen molar-refractivity contribution in [1.82, 2.24) is 58.5 Å². The van der Waals surface area contributed by atoms with Crippen molar-refractivity contribution in [3.8, 4) is 0 Å². The maximum atomic E-state index is 14.3. The first-order valence-electron chi connectivity index (χ1n) is 30.8. The van der Waals surface area contributed by atoms with Crippen molar-refractivity contribution in [1.29, 1.82) is 0 Å². The van der Waals surface area contributed by atoms with Gasteiger partial charge in [-0.1, -0.05) is 64.4 Å². The fourth-order valence-electron chi connectivity index (χ4n) is 8.93. The standard InChI is InChI=1S/C59H92N14O23/c1-7-29(4)47(72-58(94)48(31(6)74)73-49(85)30(5)64-51(87)34(15-11-12-24-60)66-50(86)33(61)26-45(83)84)56(92)63-27-41(76)65-39(25-32-13-9-8-10-14-32)55(91)68-37(18-22-43(79)80)54(90)71-46(28(2)3)57(93)69-35(16-20-40(62)75)52(88)67-36(17-21-42(77)78)53(89)70-38(59(95)96)19-23-44(81)82/h8-10,13-14,28-31,33-39,46-48,74H,7,11-12,15-27,60-61H2,1-6H3,(H2,62,75)(H,63,92)(H,64,87)(H,65,76)(H,66,86)(H,67,88)(H,68,91)(H,69,93)(H,70,89)(H,71,90)(H,72,94)(H,73,85)(H,77,78)(H,79,80)(H,81,82)(H,83,84)(H,95,96)/t29-,30-,31+,33-,34-,35-,36-,37-,38-,39-,46-,47-,48-/m0/s1. The Morgan fingerprint density at radius 2 is 0.875 bits per heavy atom. The number of primary amides is 1. The van der Waals surface area contributed by atoms with Crippen molar-refractivity contribution in [2.45, 2.75) is 204 Å². The van der Waals surface area contributed by atoms with Gasteiger partial charge in [-0.25, -0.2) is 4.79 Å². The van der Waals surface area contributed by atoms with Gasteiger partial charge in [-0.3, -0.25) is 76.7 Å². The number of amides is 12. The minimum atomic E-state index is -1.82. The van der Waals surface area contributed by atoms with Gasteiger partial charge in [-0.2, -0.15) is 0 Å². The second-order valence-electron chi connectivity index (χ2n) is 23.0.